The van der Waals surface area contributed by atoms with Crippen LogP contribution in [0.15, 0.2) is 65.6 Å². The number of aryl methyl sites for hydroxylation is 1. The summed E-state index contributed by atoms with van der Waals surface area (Å²) in [6.45, 7) is 3.88. The van der Waals surface area contributed by atoms with Gasteiger partial charge in [0.1, 0.15) is 5.75 Å². The highest BCUT2D eigenvalue weighted by molar-refractivity contribution is 7.90. The van der Waals surface area contributed by atoms with E-state index in [1.807, 2.05) is 6.92 Å². The van der Waals surface area contributed by atoms with Crippen LogP contribution in [0.3, 0.4) is 0 Å². The highest BCUT2D eigenvalue weighted by Crippen LogP contribution is 2.31. The molecule has 1 aliphatic rings. The number of ether oxygens (including phenoxy) is 2. The topological polar surface area (TPSA) is 158 Å². The van der Waals surface area contributed by atoms with Gasteiger partial charge in [0.2, 0.25) is 11.8 Å². The van der Waals surface area contributed by atoms with Crippen molar-refractivity contribution in [2.24, 2.45) is 5.92 Å². The van der Waals surface area contributed by atoms with E-state index in [4.69, 9.17) is 9.47 Å². The summed E-state index contributed by atoms with van der Waals surface area (Å²) in [7, 11) is -2.65. The lowest BCUT2D eigenvalue weighted by Crippen LogP contribution is -2.31. The Kier molecular flexibility index (Phi) is 10.4. The predicted octanol–water partition coefficient (Wildman–Crippen LogP) is 4.55. The van der Waals surface area contributed by atoms with Gasteiger partial charge in [0.05, 0.1) is 29.5 Å². The van der Waals surface area contributed by atoms with Gasteiger partial charge in [-0.05, 0) is 74.6 Å². The zero-order chi connectivity index (χ0) is 33.6. The first-order valence-electron chi connectivity index (χ1n) is 15.6. The van der Waals surface area contributed by atoms with Gasteiger partial charge in [0.25, 0.3) is 21.8 Å². The second kappa shape index (κ2) is 14.7. The first-order valence-corrected chi connectivity index (χ1v) is 17.1. The maximum absolute atomic E-state index is 13.0. The Balaban J connectivity index is 1.41. The van der Waals surface area contributed by atoms with Gasteiger partial charge >= 0.3 is 0 Å². The van der Waals surface area contributed by atoms with E-state index in [1.165, 1.54) is 25.3 Å². The Morgan fingerprint density at radius 1 is 1.00 bits per heavy atom. The van der Waals surface area contributed by atoms with Crippen LogP contribution in [0.2, 0.25) is 0 Å². The van der Waals surface area contributed by atoms with Crippen molar-refractivity contribution >= 4 is 44.3 Å². The van der Waals surface area contributed by atoms with Crippen LogP contribution in [0.4, 0.5) is 5.69 Å². The number of amides is 3. The molecular weight excluding hydrogens is 622 g/mol. The fraction of sp³-hybridized carbons (Fsp3) is 0.353. The van der Waals surface area contributed by atoms with Gasteiger partial charge < -0.3 is 20.1 Å². The molecule has 0 saturated heterocycles. The van der Waals surface area contributed by atoms with E-state index in [1.54, 1.807) is 54.1 Å². The van der Waals surface area contributed by atoms with Crippen LogP contribution in [-0.2, 0) is 26.2 Å². The molecule has 1 saturated carbocycles. The van der Waals surface area contributed by atoms with E-state index in [0.717, 1.165) is 25.7 Å². The zero-order valence-corrected chi connectivity index (χ0v) is 27.5. The number of carbonyl (C=O) groups is 3. The third kappa shape index (κ3) is 8.09. The van der Waals surface area contributed by atoms with Crippen molar-refractivity contribution in [3.05, 3.63) is 77.4 Å². The van der Waals surface area contributed by atoms with E-state index in [0.29, 0.717) is 52.4 Å². The third-order valence-electron chi connectivity index (χ3n) is 8.14. The number of aromatic nitrogens is 2. The third-order valence-corrected chi connectivity index (χ3v) is 9.64. The van der Waals surface area contributed by atoms with E-state index >= 15 is 0 Å². The molecule has 3 amide bonds. The number of nitrogens with one attached hydrogen (secondary N) is 3. The van der Waals surface area contributed by atoms with Crippen LogP contribution in [0.25, 0.3) is 10.9 Å². The maximum Gasteiger partial charge on any atom is 0.265 e. The minimum Gasteiger partial charge on any atom is -0.496 e. The average molecular weight is 662 g/mol. The van der Waals surface area contributed by atoms with Crippen LogP contribution >= 0.6 is 0 Å². The maximum atomic E-state index is 13.0. The number of anilines is 1. The van der Waals surface area contributed by atoms with Crippen molar-refractivity contribution in [3.63, 3.8) is 0 Å². The highest BCUT2D eigenvalue weighted by Gasteiger charge is 2.23. The van der Waals surface area contributed by atoms with Gasteiger partial charge in [-0.25, -0.2) is 13.1 Å². The number of carbonyl (C=O) groups excluding carboxylic acids is 3. The van der Waals surface area contributed by atoms with Crippen LogP contribution in [0.5, 0.6) is 11.6 Å². The summed E-state index contributed by atoms with van der Waals surface area (Å²) in [5, 5.41) is 11.0. The molecule has 1 fully saturated rings. The molecule has 0 atom stereocenters. The van der Waals surface area contributed by atoms with Crippen LogP contribution in [0.1, 0.15) is 60.5 Å². The molecule has 0 spiro atoms. The summed E-state index contributed by atoms with van der Waals surface area (Å²) in [4.78, 5) is 37.9. The average Bonchev–Trinajstić information content (AvgIpc) is 3.67. The van der Waals surface area contributed by atoms with Crippen molar-refractivity contribution in [2.45, 2.75) is 57.4 Å². The van der Waals surface area contributed by atoms with E-state index in [2.05, 4.69) is 20.5 Å². The fourth-order valence-electron chi connectivity index (χ4n) is 5.79. The van der Waals surface area contributed by atoms with Crippen molar-refractivity contribution in [1.82, 2.24) is 19.8 Å². The number of rotatable bonds is 13. The van der Waals surface area contributed by atoms with Gasteiger partial charge in [-0.1, -0.05) is 37.1 Å². The molecule has 248 valence electrons. The molecule has 4 aromatic rings. The monoisotopic (exact) mass is 661 g/mol. The smallest absolute Gasteiger partial charge is 0.265 e. The molecule has 0 aliphatic heterocycles. The van der Waals surface area contributed by atoms with E-state index in [9.17, 15) is 22.8 Å². The normalized spacial score (nSPS) is 13.3. The summed E-state index contributed by atoms with van der Waals surface area (Å²) < 4.78 is 41.0. The van der Waals surface area contributed by atoms with Crippen molar-refractivity contribution < 1.29 is 32.3 Å². The predicted molar refractivity (Wildman–Crippen MR) is 177 cm³/mol. The van der Waals surface area contributed by atoms with Crippen LogP contribution in [0, 0.1) is 12.8 Å². The summed E-state index contributed by atoms with van der Waals surface area (Å²) in [5.41, 5.74) is 2.49. The Morgan fingerprint density at radius 2 is 1.77 bits per heavy atom. The Morgan fingerprint density at radius 3 is 2.49 bits per heavy atom. The molecule has 3 N–H and O–H groups in total. The van der Waals surface area contributed by atoms with Crippen molar-refractivity contribution in [2.75, 3.05) is 25.6 Å². The molecule has 1 heterocycles. The largest absolute Gasteiger partial charge is 0.496 e. The van der Waals surface area contributed by atoms with Crippen LogP contribution in [-0.4, -0.2) is 56.2 Å². The molecular formula is C34H39N5O7S. The van der Waals surface area contributed by atoms with Gasteiger partial charge in [0.15, 0.2) is 6.61 Å². The highest BCUT2D eigenvalue weighted by atomic mass is 32.2. The quantitative estimate of drug-likeness (QED) is 0.188. The Bertz CT molecular complexity index is 1900. The van der Waals surface area contributed by atoms with Gasteiger partial charge in [-0.2, -0.15) is 0 Å². The first kappa shape index (κ1) is 33.5. The summed E-state index contributed by atoms with van der Waals surface area (Å²) >= 11 is 0. The Hall–Kier alpha value is -4.91. The second-order valence-corrected chi connectivity index (χ2v) is 13.2. The number of hydrogen-bond acceptors (Lipinski definition) is 8. The first-order chi connectivity index (χ1) is 22.6. The van der Waals surface area contributed by atoms with Crippen LogP contribution < -0.4 is 24.8 Å². The van der Waals surface area contributed by atoms with Gasteiger partial charge in [-0.3, -0.25) is 19.1 Å². The lowest BCUT2D eigenvalue weighted by molar-refractivity contribution is -0.123. The Labute approximate surface area is 273 Å². The lowest BCUT2D eigenvalue weighted by atomic mass is 10.0. The number of methoxy groups -OCH3 is 1. The minimum absolute atomic E-state index is 0.0155. The molecule has 0 radical (unpaired) electrons. The van der Waals surface area contributed by atoms with Crippen molar-refractivity contribution in [3.8, 4) is 11.6 Å². The molecule has 0 bridgehead atoms. The van der Waals surface area contributed by atoms with Gasteiger partial charge in [0, 0.05) is 29.8 Å². The molecule has 1 aromatic heterocycles. The molecule has 0 unspecified atom stereocenters. The number of likely N-dealkylation sites (N-methyl/N-ethyl adjacent to an activating group) is 1. The molecule has 13 heteroatoms. The molecule has 5 rings (SSSR count). The summed E-state index contributed by atoms with van der Waals surface area (Å²) in [6.07, 6.45) is 4.92. The minimum atomic E-state index is -4.10. The SMILES string of the molecule is CCNC(=O)COc1nn(Cc2ccc(C(=O)NS(=O)(=O)c3ccccc3C)cc2OC)c2cc(NC(=O)CC3CCCC3)ccc12. The number of fused-ring (bicyclic) bond motifs is 1. The lowest BCUT2D eigenvalue weighted by Gasteiger charge is -2.13. The summed E-state index contributed by atoms with van der Waals surface area (Å²) in [5.74, 6) is -0.159. The second-order valence-electron chi connectivity index (χ2n) is 11.6. The molecule has 1 aliphatic carbocycles. The zero-order valence-electron chi connectivity index (χ0n) is 26.7. The number of nitrogens with zero attached hydrogens (tertiary/aromatic N) is 2. The summed E-state index contributed by atoms with van der Waals surface area (Å²) in [6, 6.07) is 16.4. The van der Waals surface area contributed by atoms with E-state index in [-0.39, 0.29) is 41.3 Å². The molecule has 12 nitrogen and oxygen atoms in total. The molecule has 3 aromatic carbocycles. The van der Waals surface area contributed by atoms with Crippen molar-refractivity contribution in [1.29, 1.82) is 0 Å². The fourth-order valence-corrected chi connectivity index (χ4v) is 7.01. The number of sulfonamides is 1. The van der Waals surface area contributed by atoms with E-state index < -0.39 is 15.9 Å². The van der Waals surface area contributed by atoms with Gasteiger partial charge in [-0.15, -0.1) is 5.10 Å². The standard InChI is InChI=1S/C34H39N5O7S/c1-4-35-32(41)21-46-34-27-16-15-26(36-31(40)17-23-10-6-7-11-23)19-28(27)39(37-34)20-25-14-13-24(18-29(25)45-3)33(42)38-47(43,44)30-12-8-5-9-22(30)2/h5,8-9,12-16,18-19,23H,4,6-7,10-11,17,20-21H2,1-3H3,(H,35,41)(H,36,40)(H,38,42). The number of hydrogen-bond donors (Lipinski definition) is 3. The number of benzene rings is 3. The molecule has 47 heavy (non-hydrogen) atoms.